The summed E-state index contributed by atoms with van der Waals surface area (Å²) in [4.78, 5) is 0. The lowest BCUT2D eigenvalue weighted by molar-refractivity contribution is 0.504. The summed E-state index contributed by atoms with van der Waals surface area (Å²) in [6, 6.07) is 0. The molecule has 0 aromatic rings. The molecular weight excluding hydrogens is 128 g/mol. The second-order valence-corrected chi connectivity index (χ2v) is 1.62. The number of hydrogen-bond acceptors (Lipinski definition) is 0. The maximum atomic E-state index is 11.3. The fraction of sp³-hybridized carbons (Fsp3) is 0.200. The van der Waals surface area contributed by atoms with Crippen LogP contribution < -0.4 is 0 Å². The monoisotopic (exact) mass is 133 g/mol. The minimum Gasteiger partial charge on any atom is -0.438 e. The van der Waals surface area contributed by atoms with E-state index in [-0.39, 0.29) is 5.57 Å². The predicted molar refractivity (Wildman–Crippen MR) is 31.7 cm³/mol. The molecule has 0 heterocycles. The molecule has 50 valence electrons. The van der Waals surface area contributed by atoms with E-state index in [0.29, 0.717) is 0 Å². The number of allylic oxidation sites excluding steroid dienone is 1. The highest BCUT2D eigenvalue weighted by Crippen LogP contribution is 2.05. The van der Waals surface area contributed by atoms with Crippen LogP contribution in [-0.2, 0) is 0 Å². The van der Waals surface area contributed by atoms with Gasteiger partial charge in [-0.2, -0.15) is 5.82 Å². The van der Waals surface area contributed by atoms with Crippen molar-refractivity contribution in [1.29, 1.82) is 0 Å². The van der Waals surface area contributed by atoms with Crippen molar-refractivity contribution < 1.29 is 12.9 Å². The predicted octanol–water partition coefficient (Wildman–Crippen LogP) is 1.95. The van der Waals surface area contributed by atoms with Crippen LogP contribution in [0.25, 0.3) is 0 Å². The molecule has 9 heavy (non-hydrogen) atoms. The van der Waals surface area contributed by atoms with Crippen LogP contribution in [0, 0.1) is 11.7 Å². The number of halogens is 3. The van der Waals surface area contributed by atoms with Gasteiger partial charge in [-0.25, -0.2) is 0 Å². The quantitative estimate of drug-likeness (QED) is 0.350. The molecule has 0 saturated carbocycles. The smallest absolute Gasteiger partial charge is 0.438 e. The average molecular weight is 133 g/mol. The molecule has 0 aromatic heterocycles. The van der Waals surface area contributed by atoms with E-state index in [0.717, 1.165) is 5.82 Å². The first-order valence-corrected chi connectivity index (χ1v) is 2.30. The zero-order valence-electron chi connectivity index (χ0n) is 4.92. The van der Waals surface area contributed by atoms with E-state index in [1.54, 1.807) is 0 Å². The number of rotatable bonds is 0. The second kappa shape index (κ2) is 2.63. The van der Waals surface area contributed by atoms with Gasteiger partial charge in [0, 0.05) is 0 Å². The third kappa shape index (κ3) is 7.15. The largest absolute Gasteiger partial charge is 0.558 e. The summed E-state index contributed by atoms with van der Waals surface area (Å²) in [6.45, 7) is -0.333. The second-order valence-electron chi connectivity index (χ2n) is 1.62. The molecule has 0 radical (unpaired) electrons. The molecule has 0 rings (SSSR count). The topological polar surface area (TPSA) is 0 Å². The molecule has 0 N–H and O–H groups in total. The van der Waals surface area contributed by atoms with Crippen molar-refractivity contribution in [2.45, 2.75) is 6.92 Å². The fourth-order valence-corrected chi connectivity index (χ4v) is 0.205. The van der Waals surface area contributed by atoms with Gasteiger partial charge in [-0.15, -0.1) is 5.92 Å². The van der Waals surface area contributed by atoms with Crippen LogP contribution in [0.1, 0.15) is 6.92 Å². The van der Waals surface area contributed by atoms with E-state index in [1.807, 2.05) is 5.92 Å². The van der Waals surface area contributed by atoms with Crippen LogP contribution >= 0.6 is 0 Å². The maximum absolute atomic E-state index is 11.3. The fourth-order valence-electron chi connectivity index (χ4n) is 0.205. The minimum absolute atomic E-state index is 0.231. The molecule has 0 nitrogen and oxygen atoms in total. The molecule has 0 spiro atoms. The van der Waals surface area contributed by atoms with Crippen molar-refractivity contribution in [2.75, 3.05) is 0 Å². The van der Waals surface area contributed by atoms with Crippen LogP contribution in [-0.4, -0.2) is 6.98 Å². The summed E-state index contributed by atoms with van der Waals surface area (Å²) >= 11 is 0. The van der Waals surface area contributed by atoms with Crippen LogP contribution in [0.3, 0.4) is 0 Å². The van der Waals surface area contributed by atoms with Crippen molar-refractivity contribution in [3.63, 3.8) is 0 Å². The van der Waals surface area contributed by atoms with Gasteiger partial charge in [0.2, 0.25) is 0 Å². The minimum atomic E-state index is -4.95. The molecule has 0 fully saturated rings. The summed E-state index contributed by atoms with van der Waals surface area (Å²) in [7, 11) is 0. The molecule has 0 aromatic carbocycles. The van der Waals surface area contributed by atoms with Crippen LogP contribution in [0.15, 0.2) is 12.2 Å². The van der Waals surface area contributed by atoms with Crippen molar-refractivity contribution >= 4 is 6.98 Å². The van der Waals surface area contributed by atoms with Crippen molar-refractivity contribution in [3.05, 3.63) is 12.2 Å². The molecule has 0 amide bonds. The van der Waals surface area contributed by atoms with E-state index in [2.05, 4.69) is 6.58 Å². The lowest BCUT2D eigenvalue weighted by Crippen LogP contribution is -2.10. The highest BCUT2D eigenvalue weighted by Gasteiger charge is 2.17. The Kier molecular flexibility index (Phi) is 2.38. The van der Waals surface area contributed by atoms with E-state index < -0.39 is 6.98 Å². The van der Waals surface area contributed by atoms with Gasteiger partial charge in [0.05, 0.1) is 0 Å². The SMILES string of the molecule is C=C(C)C#C[B-](F)(F)F. The van der Waals surface area contributed by atoms with Gasteiger partial charge in [0.25, 0.3) is 0 Å². The van der Waals surface area contributed by atoms with Gasteiger partial charge in [-0.05, 0) is 12.5 Å². The summed E-state index contributed by atoms with van der Waals surface area (Å²) in [5, 5.41) is 0. The van der Waals surface area contributed by atoms with Crippen LogP contribution in [0.5, 0.6) is 0 Å². The van der Waals surface area contributed by atoms with E-state index in [4.69, 9.17) is 0 Å². The Morgan fingerprint density at radius 1 is 1.44 bits per heavy atom. The van der Waals surface area contributed by atoms with E-state index in [9.17, 15) is 12.9 Å². The first kappa shape index (κ1) is 8.15. The standard InChI is InChI=1S/C5H5BF3/c1-5(2)3-4-6(7,8)9/h1H2,2H3/q-1. The molecule has 0 unspecified atom stereocenters. The Morgan fingerprint density at radius 2 is 1.89 bits per heavy atom. The van der Waals surface area contributed by atoms with Gasteiger partial charge in [0.15, 0.2) is 0 Å². The maximum Gasteiger partial charge on any atom is 0.558 e. The van der Waals surface area contributed by atoms with Crippen LogP contribution in [0.2, 0.25) is 0 Å². The Bertz CT molecular complexity index is 169. The normalized spacial score (nSPS) is 9.78. The summed E-state index contributed by atoms with van der Waals surface area (Å²) in [5.74, 6) is 2.98. The lowest BCUT2D eigenvalue weighted by Gasteiger charge is -2.01. The summed E-state index contributed by atoms with van der Waals surface area (Å²) in [5.41, 5.74) is 0.231. The zero-order chi connectivity index (χ0) is 7.49. The first-order chi connectivity index (χ1) is 3.92. The van der Waals surface area contributed by atoms with Gasteiger partial charge in [0.1, 0.15) is 0 Å². The van der Waals surface area contributed by atoms with Gasteiger partial charge in [-0.1, -0.05) is 6.58 Å². The molecule has 0 aliphatic heterocycles. The van der Waals surface area contributed by atoms with Crippen LogP contribution in [0.4, 0.5) is 12.9 Å². The van der Waals surface area contributed by atoms with Crippen molar-refractivity contribution in [2.24, 2.45) is 0 Å². The third-order valence-electron chi connectivity index (χ3n) is 0.449. The van der Waals surface area contributed by atoms with E-state index >= 15 is 0 Å². The van der Waals surface area contributed by atoms with Crippen molar-refractivity contribution in [1.82, 2.24) is 0 Å². The van der Waals surface area contributed by atoms with Gasteiger partial charge < -0.3 is 12.9 Å². The molecule has 0 bridgehead atoms. The van der Waals surface area contributed by atoms with Crippen molar-refractivity contribution in [3.8, 4) is 11.7 Å². The molecular formula is C5H5BF3-. The highest BCUT2D eigenvalue weighted by atomic mass is 19.4. The Hall–Kier alpha value is -0.845. The Balaban J connectivity index is 4.04. The van der Waals surface area contributed by atoms with Gasteiger partial charge in [-0.3, -0.25) is 0 Å². The third-order valence-corrected chi connectivity index (χ3v) is 0.449. The Labute approximate surface area is 51.8 Å². The zero-order valence-corrected chi connectivity index (χ0v) is 4.92. The summed E-state index contributed by atoms with van der Waals surface area (Å²) in [6.07, 6.45) is 0. The first-order valence-electron chi connectivity index (χ1n) is 2.30. The molecule has 0 saturated heterocycles. The molecule has 4 heteroatoms. The summed E-state index contributed by atoms with van der Waals surface area (Å²) < 4.78 is 33.8. The lowest BCUT2D eigenvalue weighted by atomic mass is 9.93. The molecule has 0 aliphatic rings. The Morgan fingerprint density at radius 3 is 2.00 bits per heavy atom. The molecule has 0 atom stereocenters. The average Bonchev–Trinajstić information content (AvgIpc) is 1.59. The van der Waals surface area contributed by atoms with E-state index in [1.165, 1.54) is 6.92 Å². The highest BCUT2D eigenvalue weighted by molar-refractivity contribution is 6.67. The van der Waals surface area contributed by atoms with Gasteiger partial charge >= 0.3 is 6.98 Å². The number of hydrogen-bond donors (Lipinski definition) is 0. The molecule has 0 aliphatic carbocycles.